The Morgan fingerprint density at radius 1 is 1.00 bits per heavy atom. The molecule has 0 unspecified atom stereocenters. The van der Waals surface area contributed by atoms with Crippen LogP contribution < -0.4 is 0 Å². The standard InChI is InChI=1S/Cr.Cu.Fe.Mn. The molecule has 0 amide bonds. The summed E-state index contributed by atoms with van der Waals surface area (Å²) in [5.74, 6) is 0. The molecule has 0 nitrogen and oxygen atoms in total. The van der Waals surface area contributed by atoms with Gasteiger partial charge in [0.2, 0.25) is 0 Å². The van der Waals surface area contributed by atoms with Crippen molar-refractivity contribution in [2.24, 2.45) is 0 Å². The molecule has 4 heteroatoms. The van der Waals surface area contributed by atoms with Crippen LogP contribution in [0.4, 0.5) is 0 Å². The van der Waals surface area contributed by atoms with E-state index < -0.39 is 0 Å². The quantitative estimate of drug-likeness (QED) is 0.510. The van der Waals surface area contributed by atoms with Crippen molar-refractivity contribution in [2.75, 3.05) is 0 Å². The summed E-state index contributed by atoms with van der Waals surface area (Å²) in [5, 5.41) is 0. The summed E-state index contributed by atoms with van der Waals surface area (Å²) in [7, 11) is 0. The third kappa shape index (κ3) is 8.94. The number of rotatable bonds is 0. The van der Waals surface area contributed by atoms with E-state index in [0.717, 1.165) is 0 Å². The smallest absolute Gasteiger partial charge is 0 e. The van der Waals surface area contributed by atoms with Crippen LogP contribution in [0.25, 0.3) is 0 Å². The molecule has 0 spiro atoms. The Labute approximate surface area is 68.0 Å². The van der Waals surface area contributed by atoms with Crippen LogP contribution in [0.5, 0.6) is 0 Å². The van der Waals surface area contributed by atoms with Crippen molar-refractivity contribution >= 4 is 0 Å². The Bertz CT molecular complexity index is 8.00. The predicted molar refractivity (Wildman–Crippen MR) is 0 cm³/mol. The van der Waals surface area contributed by atoms with Gasteiger partial charge in [-0.2, -0.15) is 0 Å². The minimum atomic E-state index is 0. The van der Waals surface area contributed by atoms with Gasteiger partial charge in [0.25, 0.3) is 0 Å². The second kappa shape index (κ2) is 19.5. The van der Waals surface area contributed by atoms with Gasteiger partial charge in [0.1, 0.15) is 0 Å². The molecule has 0 rings (SSSR count). The first kappa shape index (κ1) is 36.1. The predicted octanol–water partition coefficient (Wildman–Crippen LogP) is -0.0100. The normalized spacial score (nSPS) is 0. The third-order valence-electron chi connectivity index (χ3n) is 0. The Morgan fingerprint density at radius 3 is 1.00 bits per heavy atom. The molecule has 0 heterocycles. The summed E-state index contributed by atoms with van der Waals surface area (Å²) in [6.07, 6.45) is 0. The summed E-state index contributed by atoms with van der Waals surface area (Å²) in [5.41, 5.74) is 0. The van der Waals surface area contributed by atoms with Gasteiger partial charge in [-0.05, 0) is 0 Å². The van der Waals surface area contributed by atoms with Crippen LogP contribution in [0.1, 0.15) is 0 Å². The molecule has 0 saturated heterocycles. The van der Waals surface area contributed by atoms with Crippen LogP contribution in [0.2, 0.25) is 0 Å². The average molecular weight is 226 g/mol. The van der Waals surface area contributed by atoms with E-state index in [1.54, 1.807) is 0 Å². The first-order valence-electron chi connectivity index (χ1n) is 0. The van der Waals surface area contributed by atoms with E-state index >= 15 is 0 Å². The zero-order valence-corrected chi connectivity index (χ0v) is 5.94. The molecule has 0 aromatic carbocycles. The molecule has 0 atom stereocenters. The average Bonchev–Trinajstić information content (AvgIpc) is 0. The molecule has 0 aromatic heterocycles. The minimum Gasteiger partial charge on any atom is 0 e. The molecule has 0 bridgehead atoms. The molecule has 0 N–H and O–H groups in total. The van der Waals surface area contributed by atoms with Gasteiger partial charge in [-0.15, -0.1) is 0 Å². The van der Waals surface area contributed by atoms with Crippen molar-refractivity contribution in [3.8, 4) is 0 Å². The fourth-order valence-corrected chi connectivity index (χ4v) is 0. The summed E-state index contributed by atoms with van der Waals surface area (Å²) < 4.78 is 0. The van der Waals surface area contributed by atoms with E-state index in [9.17, 15) is 0 Å². The molecule has 0 aliphatic rings. The SMILES string of the molecule is [Cr].[Cu].[Fe].[Mn]. The van der Waals surface area contributed by atoms with E-state index in [1.807, 2.05) is 0 Å². The molecule has 32 valence electrons. The Hall–Kier alpha value is 2.09. The fourth-order valence-electron chi connectivity index (χ4n) is 0. The summed E-state index contributed by atoms with van der Waals surface area (Å²) >= 11 is 0. The Balaban J connectivity index is 0. The van der Waals surface area contributed by atoms with Gasteiger partial charge >= 0.3 is 0 Å². The molecule has 0 fully saturated rings. The van der Waals surface area contributed by atoms with Crippen molar-refractivity contribution in [3.05, 3.63) is 0 Å². The molecular formula is CrCuFeMn. The van der Waals surface area contributed by atoms with E-state index in [0.29, 0.717) is 0 Å². The fraction of sp³-hybridized carbons (Fsp3) is 0. The first-order valence-corrected chi connectivity index (χ1v) is 0. The molecule has 0 aliphatic heterocycles. The second-order valence-electron chi connectivity index (χ2n) is 0. The van der Waals surface area contributed by atoms with E-state index in [1.165, 1.54) is 0 Å². The summed E-state index contributed by atoms with van der Waals surface area (Å²) in [6, 6.07) is 0. The zero-order valence-electron chi connectivity index (χ0n) is 1.44. The van der Waals surface area contributed by atoms with Crippen molar-refractivity contribution < 1.29 is 68.6 Å². The van der Waals surface area contributed by atoms with Crippen molar-refractivity contribution in [1.29, 1.82) is 0 Å². The van der Waals surface area contributed by atoms with Crippen molar-refractivity contribution in [1.82, 2.24) is 0 Å². The van der Waals surface area contributed by atoms with Gasteiger partial charge in [0.15, 0.2) is 0 Å². The Kier molecular flexibility index (Phi) is 176. The molecular weight excluding hydrogens is 226 g/mol. The van der Waals surface area contributed by atoms with Crippen LogP contribution in [-0.4, -0.2) is 0 Å². The maximum atomic E-state index is 0. The van der Waals surface area contributed by atoms with Crippen LogP contribution >= 0.6 is 0 Å². The maximum Gasteiger partial charge on any atom is 0 e. The minimum absolute atomic E-state index is 0. The van der Waals surface area contributed by atoms with Gasteiger partial charge < -0.3 is 0 Å². The van der Waals surface area contributed by atoms with Crippen LogP contribution in [0.3, 0.4) is 0 Å². The summed E-state index contributed by atoms with van der Waals surface area (Å²) in [6.45, 7) is 0. The van der Waals surface area contributed by atoms with Crippen LogP contribution in [0.15, 0.2) is 0 Å². The van der Waals surface area contributed by atoms with E-state index in [-0.39, 0.29) is 68.6 Å². The maximum absolute atomic E-state index is 0. The van der Waals surface area contributed by atoms with Gasteiger partial charge in [-0.25, -0.2) is 0 Å². The van der Waals surface area contributed by atoms with Crippen molar-refractivity contribution in [2.45, 2.75) is 0 Å². The topological polar surface area (TPSA) is 0 Å². The first-order chi connectivity index (χ1) is 0. The van der Waals surface area contributed by atoms with Gasteiger partial charge in [0.05, 0.1) is 0 Å². The van der Waals surface area contributed by atoms with Crippen molar-refractivity contribution in [3.63, 3.8) is 0 Å². The Morgan fingerprint density at radius 2 is 1.00 bits per heavy atom. The van der Waals surface area contributed by atoms with Gasteiger partial charge in [0, 0.05) is 68.6 Å². The number of hydrogen-bond donors (Lipinski definition) is 0. The molecule has 4 heavy (non-hydrogen) atoms. The third-order valence-corrected chi connectivity index (χ3v) is 0. The summed E-state index contributed by atoms with van der Waals surface area (Å²) in [4.78, 5) is 0. The van der Waals surface area contributed by atoms with E-state index in [4.69, 9.17) is 0 Å². The van der Waals surface area contributed by atoms with Gasteiger partial charge in [-0.3, -0.25) is 0 Å². The van der Waals surface area contributed by atoms with Crippen LogP contribution in [0, 0.1) is 0 Å². The van der Waals surface area contributed by atoms with E-state index in [2.05, 4.69) is 0 Å². The molecule has 0 aromatic rings. The van der Waals surface area contributed by atoms with Gasteiger partial charge in [-0.1, -0.05) is 0 Å². The monoisotopic (exact) mass is 226 g/mol. The molecule has 0 saturated carbocycles. The second-order valence-corrected chi connectivity index (χ2v) is 0. The molecule has 0 aliphatic carbocycles. The largest absolute Gasteiger partial charge is 0 e. The zero-order chi connectivity index (χ0) is 0. The number of hydrogen-bond acceptors (Lipinski definition) is 0. The van der Waals surface area contributed by atoms with Crippen LogP contribution in [-0.2, 0) is 68.6 Å². The molecule has 2 radical (unpaired) electrons.